The molecule has 2 aliphatic rings. The average Bonchev–Trinajstić information content (AvgIpc) is 2.73. The maximum atomic E-state index is 12.8. The van der Waals surface area contributed by atoms with Crippen molar-refractivity contribution in [1.82, 2.24) is 4.90 Å². The van der Waals surface area contributed by atoms with Crippen LogP contribution in [0.1, 0.15) is 38.8 Å². The fraction of sp³-hybridized carbons (Fsp3) is 0.231. The van der Waals surface area contributed by atoms with E-state index in [1.165, 1.54) is 0 Å². The van der Waals surface area contributed by atoms with E-state index in [0.717, 1.165) is 22.5 Å². The van der Waals surface area contributed by atoms with Crippen molar-refractivity contribution in [3.05, 3.63) is 95.1 Å². The second-order valence-electron chi connectivity index (χ2n) is 8.26. The van der Waals surface area contributed by atoms with E-state index in [-0.39, 0.29) is 11.6 Å². The number of carbonyl (C=O) groups excluding carboxylic acids is 2. The fourth-order valence-electron chi connectivity index (χ4n) is 3.86. The van der Waals surface area contributed by atoms with Crippen LogP contribution in [0.25, 0.3) is 11.4 Å². The van der Waals surface area contributed by atoms with Gasteiger partial charge in [0, 0.05) is 36.9 Å². The molecule has 0 N–H and O–H groups in total. The highest BCUT2D eigenvalue weighted by Gasteiger charge is 2.41. The first-order chi connectivity index (χ1) is 14.8. The van der Waals surface area contributed by atoms with Gasteiger partial charge in [-0.25, -0.2) is 9.59 Å². The molecule has 1 saturated heterocycles. The summed E-state index contributed by atoms with van der Waals surface area (Å²) < 4.78 is 10.7. The predicted molar refractivity (Wildman–Crippen MR) is 119 cm³/mol. The summed E-state index contributed by atoms with van der Waals surface area (Å²) in [7, 11) is 0. The number of ether oxygens (including phenoxy) is 2. The third kappa shape index (κ3) is 4.04. The van der Waals surface area contributed by atoms with Crippen LogP contribution in [-0.4, -0.2) is 28.7 Å². The van der Waals surface area contributed by atoms with Gasteiger partial charge in [0.15, 0.2) is 5.57 Å². The van der Waals surface area contributed by atoms with E-state index in [0.29, 0.717) is 5.57 Å². The molecule has 0 radical (unpaired) electrons. The number of allylic oxidation sites excluding steroid dienone is 3. The molecule has 2 heterocycles. The van der Waals surface area contributed by atoms with E-state index in [9.17, 15) is 9.59 Å². The molecule has 0 unspecified atom stereocenters. The van der Waals surface area contributed by atoms with Crippen LogP contribution >= 0.6 is 0 Å². The zero-order valence-corrected chi connectivity index (χ0v) is 18.1. The molecule has 2 aromatic rings. The minimum absolute atomic E-state index is 0.0930. The van der Waals surface area contributed by atoms with Crippen LogP contribution in [0.4, 0.5) is 0 Å². The molecule has 158 valence electrons. The third-order valence-corrected chi connectivity index (χ3v) is 5.13. The minimum Gasteiger partial charge on any atom is -0.419 e. The fourth-order valence-corrected chi connectivity index (χ4v) is 3.86. The van der Waals surface area contributed by atoms with Gasteiger partial charge in [-0.1, -0.05) is 60.7 Å². The second kappa shape index (κ2) is 7.91. The van der Waals surface area contributed by atoms with Crippen LogP contribution < -0.4 is 0 Å². The Morgan fingerprint density at radius 2 is 1.16 bits per heavy atom. The number of hydrogen-bond acceptors (Lipinski definition) is 5. The molecule has 2 aromatic carbocycles. The molecule has 0 spiro atoms. The van der Waals surface area contributed by atoms with E-state index in [1.807, 2.05) is 72.8 Å². The smallest absolute Gasteiger partial charge is 0.349 e. The lowest BCUT2D eigenvalue weighted by Crippen LogP contribution is -2.42. The Labute approximate surface area is 182 Å². The molecule has 0 aromatic heterocycles. The largest absolute Gasteiger partial charge is 0.419 e. The lowest BCUT2D eigenvalue weighted by molar-refractivity contribution is -0.222. The van der Waals surface area contributed by atoms with Crippen molar-refractivity contribution >= 4 is 23.3 Å². The van der Waals surface area contributed by atoms with Crippen molar-refractivity contribution < 1.29 is 19.1 Å². The van der Waals surface area contributed by atoms with Gasteiger partial charge < -0.3 is 14.4 Å². The SMILES string of the molecule is CC(C)N1C(c2ccccc2)=CC(=C2C(=O)OC(C)(C)OC2=O)C=C1c1ccccc1. The van der Waals surface area contributed by atoms with Crippen LogP contribution in [0.2, 0.25) is 0 Å². The standard InChI is InChI=1S/C26H25NO4/c1-17(2)27-21(18-11-7-5-8-12-18)15-20(16-22(27)19-13-9-6-10-14-19)23-24(28)30-26(3,4)31-25(23)29/h5-17H,1-4H3. The van der Waals surface area contributed by atoms with Gasteiger partial charge in [-0.2, -0.15) is 0 Å². The molecule has 0 aliphatic carbocycles. The molecule has 5 nitrogen and oxygen atoms in total. The monoisotopic (exact) mass is 415 g/mol. The zero-order valence-electron chi connectivity index (χ0n) is 18.1. The van der Waals surface area contributed by atoms with Gasteiger partial charge in [-0.15, -0.1) is 0 Å². The molecule has 0 saturated carbocycles. The van der Waals surface area contributed by atoms with Gasteiger partial charge in [0.2, 0.25) is 0 Å². The van der Waals surface area contributed by atoms with E-state index in [2.05, 4.69) is 18.7 Å². The maximum absolute atomic E-state index is 12.8. The molecule has 2 aliphatic heterocycles. The van der Waals surface area contributed by atoms with Crippen LogP contribution in [0, 0.1) is 0 Å². The van der Waals surface area contributed by atoms with Crippen LogP contribution in [-0.2, 0) is 19.1 Å². The Hall–Kier alpha value is -3.60. The number of rotatable bonds is 3. The van der Waals surface area contributed by atoms with Gasteiger partial charge in [-0.05, 0) is 37.1 Å². The number of nitrogens with zero attached hydrogens (tertiary/aromatic N) is 1. The van der Waals surface area contributed by atoms with Gasteiger partial charge in [0.25, 0.3) is 5.79 Å². The van der Waals surface area contributed by atoms with Crippen LogP contribution in [0.15, 0.2) is 84.0 Å². The molecular formula is C26H25NO4. The van der Waals surface area contributed by atoms with Crippen LogP contribution in [0.3, 0.4) is 0 Å². The number of esters is 2. The summed E-state index contributed by atoms with van der Waals surface area (Å²) >= 11 is 0. The Bertz CT molecular complexity index is 1030. The number of benzene rings is 2. The summed E-state index contributed by atoms with van der Waals surface area (Å²) in [5.41, 5.74) is 4.13. The minimum atomic E-state index is -1.28. The Morgan fingerprint density at radius 1 is 0.742 bits per heavy atom. The van der Waals surface area contributed by atoms with Crippen molar-refractivity contribution in [2.75, 3.05) is 0 Å². The van der Waals surface area contributed by atoms with Gasteiger partial charge in [0.1, 0.15) is 0 Å². The van der Waals surface area contributed by atoms with Crippen molar-refractivity contribution in [1.29, 1.82) is 0 Å². The zero-order chi connectivity index (χ0) is 22.2. The molecule has 0 amide bonds. The molecule has 5 heteroatoms. The molecule has 0 atom stereocenters. The summed E-state index contributed by atoms with van der Waals surface area (Å²) in [4.78, 5) is 27.7. The molecule has 31 heavy (non-hydrogen) atoms. The average molecular weight is 415 g/mol. The summed E-state index contributed by atoms with van der Waals surface area (Å²) in [6.45, 7) is 7.30. The molecule has 0 bridgehead atoms. The lowest BCUT2D eigenvalue weighted by atomic mass is 9.94. The van der Waals surface area contributed by atoms with Crippen LogP contribution in [0.5, 0.6) is 0 Å². The quantitative estimate of drug-likeness (QED) is 0.404. The predicted octanol–water partition coefficient (Wildman–Crippen LogP) is 4.93. The third-order valence-electron chi connectivity index (χ3n) is 5.13. The normalized spacial score (nSPS) is 18.4. The van der Waals surface area contributed by atoms with Gasteiger partial charge in [0.05, 0.1) is 0 Å². The highest BCUT2D eigenvalue weighted by atomic mass is 16.7. The molecular weight excluding hydrogens is 390 g/mol. The van der Waals surface area contributed by atoms with E-state index >= 15 is 0 Å². The van der Waals surface area contributed by atoms with E-state index in [4.69, 9.17) is 9.47 Å². The number of carbonyl (C=O) groups is 2. The second-order valence-corrected chi connectivity index (χ2v) is 8.26. The molecule has 1 fully saturated rings. The number of cyclic esters (lactones) is 2. The van der Waals surface area contributed by atoms with Crippen molar-refractivity contribution in [2.24, 2.45) is 0 Å². The van der Waals surface area contributed by atoms with Gasteiger partial charge in [-0.3, -0.25) is 0 Å². The summed E-state index contributed by atoms with van der Waals surface area (Å²) in [5, 5.41) is 0. The van der Waals surface area contributed by atoms with E-state index < -0.39 is 17.7 Å². The summed E-state index contributed by atoms with van der Waals surface area (Å²) in [5.74, 6) is -2.64. The Balaban J connectivity index is 1.96. The van der Waals surface area contributed by atoms with E-state index in [1.54, 1.807) is 13.8 Å². The first kappa shape index (κ1) is 20.7. The lowest BCUT2D eigenvalue weighted by Gasteiger charge is -2.37. The first-order valence-electron chi connectivity index (χ1n) is 10.3. The topological polar surface area (TPSA) is 55.8 Å². The van der Waals surface area contributed by atoms with Crippen molar-refractivity contribution in [3.8, 4) is 0 Å². The number of hydrogen-bond donors (Lipinski definition) is 0. The Morgan fingerprint density at radius 3 is 1.55 bits per heavy atom. The summed E-state index contributed by atoms with van der Waals surface area (Å²) in [6.07, 6.45) is 3.72. The Kier molecular flexibility index (Phi) is 5.27. The summed E-state index contributed by atoms with van der Waals surface area (Å²) in [6, 6.07) is 20.0. The van der Waals surface area contributed by atoms with Crippen molar-refractivity contribution in [2.45, 2.75) is 39.5 Å². The highest BCUT2D eigenvalue weighted by molar-refractivity contribution is 6.17. The maximum Gasteiger partial charge on any atom is 0.349 e. The molecule has 4 rings (SSSR count). The highest BCUT2D eigenvalue weighted by Crippen LogP contribution is 2.39. The first-order valence-corrected chi connectivity index (χ1v) is 10.3. The van der Waals surface area contributed by atoms with Gasteiger partial charge >= 0.3 is 11.9 Å². The van der Waals surface area contributed by atoms with Crippen molar-refractivity contribution in [3.63, 3.8) is 0 Å².